The zero-order valence-electron chi connectivity index (χ0n) is 13.6. The van der Waals surface area contributed by atoms with Crippen LogP contribution in [0.15, 0.2) is 28.8 Å². The van der Waals surface area contributed by atoms with E-state index in [-0.39, 0.29) is 17.5 Å². The molecule has 0 spiro atoms. The molecule has 1 N–H and O–H groups in total. The summed E-state index contributed by atoms with van der Waals surface area (Å²) in [5.74, 6) is -0.721. The fourth-order valence-electron chi connectivity index (χ4n) is 3.48. The van der Waals surface area contributed by atoms with E-state index in [1.54, 1.807) is 17.0 Å². The summed E-state index contributed by atoms with van der Waals surface area (Å²) in [6, 6.07) is 5.14. The summed E-state index contributed by atoms with van der Waals surface area (Å²) >= 11 is 0. The van der Waals surface area contributed by atoms with Gasteiger partial charge in [0.2, 0.25) is 11.7 Å². The molecule has 0 radical (unpaired) electrons. The van der Waals surface area contributed by atoms with Crippen molar-refractivity contribution in [3.8, 4) is 0 Å². The highest BCUT2D eigenvalue weighted by atomic mass is 19.1. The summed E-state index contributed by atoms with van der Waals surface area (Å²) in [7, 11) is 0. The van der Waals surface area contributed by atoms with Gasteiger partial charge in [-0.05, 0) is 56.4 Å². The fourth-order valence-corrected chi connectivity index (χ4v) is 3.48. The van der Waals surface area contributed by atoms with Crippen molar-refractivity contribution < 1.29 is 18.5 Å². The minimum Gasteiger partial charge on any atom is -0.350 e. The van der Waals surface area contributed by atoms with E-state index in [1.807, 2.05) is 0 Å². The van der Waals surface area contributed by atoms with Crippen molar-refractivity contribution in [1.29, 1.82) is 0 Å². The van der Waals surface area contributed by atoms with Gasteiger partial charge in [-0.3, -0.25) is 9.59 Å². The highest BCUT2D eigenvalue weighted by Crippen LogP contribution is 2.25. The number of aromatic nitrogens is 1. The van der Waals surface area contributed by atoms with Crippen LogP contribution in [0.2, 0.25) is 0 Å². The largest absolute Gasteiger partial charge is 0.350 e. The second-order valence-electron chi connectivity index (χ2n) is 6.43. The molecule has 2 amide bonds. The molecule has 0 saturated carbocycles. The fraction of sp³-hybridized carbons (Fsp3) is 0.389. The molecule has 1 aromatic heterocycles. The summed E-state index contributed by atoms with van der Waals surface area (Å²) in [6.45, 7) is 0.476. The molecule has 2 heterocycles. The molecule has 6 nitrogen and oxygen atoms in total. The maximum absolute atomic E-state index is 13.0. The van der Waals surface area contributed by atoms with Gasteiger partial charge >= 0.3 is 0 Å². The Balaban J connectivity index is 1.46. The van der Waals surface area contributed by atoms with E-state index in [4.69, 9.17) is 4.52 Å². The number of hydrogen-bond acceptors (Lipinski definition) is 4. The van der Waals surface area contributed by atoms with Crippen LogP contribution < -0.4 is 10.2 Å². The maximum atomic E-state index is 13.0. The molecular formula is C18H18FN3O3. The third-order valence-corrected chi connectivity index (χ3v) is 4.82. The predicted molar refractivity (Wildman–Crippen MR) is 87.8 cm³/mol. The molecule has 1 saturated heterocycles. The zero-order chi connectivity index (χ0) is 17.4. The predicted octanol–water partition coefficient (Wildman–Crippen LogP) is 2.23. The highest BCUT2D eigenvalue weighted by Gasteiger charge is 2.35. The van der Waals surface area contributed by atoms with E-state index in [2.05, 4.69) is 10.5 Å². The summed E-state index contributed by atoms with van der Waals surface area (Å²) in [5, 5.41) is 6.73. The molecule has 1 aliphatic heterocycles. The van der Waals surface area contributed by atoms with Crippen LogP contribution in [0.25, 0.3) is 0 Å². The van der Waals surface area contributed by atoms with Crippen molar-refractivity contribution in [2.24, 2.45) is 0 Å². The van der Waals surface area contributed by atoms with E-state index in [1.165, 1.54) is 12.1 Å². The van der Waals surface area contributed by atoms with Crippen LogP contribution >= 0.6 is 0 Å². The number of carbonyl (C=O) groups is 2. The zero-order valence-corrected chi connectivity index (χ0v) is 13.6. The first-order chi connectivity index (χ1) is 12.1. The van der Waals surface area contributed by atoms with Crippen molar-refractivity contribution in [1.82, 2.24) is 10.5 Å². The number of nitrogens with one attached hydrogen (secondary N) is 1. The number of rotatable bonds is 3. The average Bonchev–Trinajstić information content (AvgIpc) is 3.20. The monoisotopic (exact) mass is 343 g/mol. The van der Waals surface area contributed by atoms with Crippen LogP contribution in [0.4, 0.5) is 10.1 Å². The van der Waals surface area contributed by atoms with Gasteiger partial charge in [-0.1, -0.05) is 5.16 Å². The number of amides is 2. The molecule has 4 rings (SSSR count). The standard InChI is InChI=1S/C18H18FN3O3/c19-11-5-7-12(8-6-11)22-10-9-15(18(22)24)20-17(23)16-13-3-1-2-4-14(13)21-25-16/h5-8,15H,1-4,9-10H2,(H,20,23). The lowest BCUT2D eigenvalue weighted by molar-refractivity contribution is -0.118. The molecule has 25 heavy (non-hydrogen) atoms. The Kier molecular flexibility index (Phi) is 3.99. The number of halogens is 1. The third-order valence-electron chi connectivity index (χ3n) is 4.82. The second-order valence-corrected chi connectivity index (χ2v) is 6.43. The van der Waals surface area contributed by atoms with E-state index >= 15 is 0 Å². The van der Waals surface area contributed by atoms with E-state index in [0.29, 0.717) is 18.7 Å². The second kappa shape index (κ2) is 6.31. The summed E-state index contributed by atoms with van der Waals surface area (Å²) in [4.78, 5) is 26.6. The normalized spacial score (nSPS) is 19.8. The van der Waals surface area contributed by atoms with Gasteiger partial charge in [-0.25, -0.2) is 4.39 Å². The first-order valence-corrected chi connectivity index (χ1v) is 8.49. The lowest BCUT2D eigenvalue weighted by atomic mass is 9.96. The van der Waals surface area contributed by atoms with Crippen LogP contribution in [0.1, 0.15) is 41.1 Å². The van der Waals surface area contributed by atoms with Crippen molar-refractivity contribution in [2.45, 2.75) is 38.1 Å². The minimum absolute atomic E-state index is 0.201. The van der Waals surface area contributed by atoms with E-state index in [9.17, 15) is 14.0 Å². The molecule has 2 aromatic rings. The van der Waals surface area contributed by atoms with Gasteiger partial charge in [0.15, 0.2) is 0 Å². The number of carbonyl (C=O) groups excluding carboxylic acids is 2. The van der Waals surface area contributed by atoms with Gasteiger partial charge < -0.3 is 14.7 Å². The Morgan fingerprint density at radius 1 is 1.24 bits per heavy atom. The van der Waals surface area contributed by atoms with Gasteiger partial charge in [-0.2, -0.15) is 0 Å². The first kappa shape index (κ1) is 15.8. The molecule has 1 aliphatic carbocycles. The number of aryl methyl sites for hydroxylation is 1. The van der Waals surface area contributed by atoms with Crippen LogP contribution in [0.3, 0.4) is 0 Å². The Bertz CT molecular complexity index is 815. The molecule has 1 aromatic carbocycles. The number of nitrogens with zero attached hydrogens (tertiary/aromatic N) is 2. The Hall–Kier alpha value is -2.70. The van der Waals surface area contributed by atoms with Gasteiger partial charge in [0.1, 0.15) is 11.9 Å². The maximum Gasteiger partial charge on any atom is 0.290 e. The summed E-state index contributed by atoms with van der Waals surface area (Å²) < 4.78 is 18.3. The lowest BCUT2D eigenvalue weighted by Crippen LogP contribution is -2.41. The molecule has 130 valence electrons. The molecule has 1 unspecified atom stereocenters. The molecule has 7 heteroatoms. The molecule has 1 atom stereocenters. The van der Waals surface area contributed by atoms with E-state index < -0.39 is 11.9 Å². The number of hydrogen-bond donors (Lipinski definition) is 1. The summed E-state index contributed by atoms with van der Waals surface area (Å²) in [6.07, 6.45) is 4.16. The van der Waals surface area contributed by atoms with Crippen LogP contribution in [-0.2, 0) is 17.6 Å². The van der Waals surface area contributed by atoms with Crippen molar-refractivity contribution in [3.05, 3.63) is 47.1 Å². The van der Waals surface area contributed by atoms with Crippen molar-refractivity contribution >= 4 is 17.5 Å². The quantitative estimate of drug-likeness (QED) is 0.927. The van der Waals surface area contributed by atoms with Gasteiger partial charge in [0.25, 0.3) is 5.91 Å². The lowest BCUT2D eigenvalue weighted by Gasteiger charge is -2.17. The number of benzene rings is 1. The SMILES string of the molecule is O=C(NC1CCN(c2ccc(F)cc2)C1=O)c1onc2c1CCCC2. The Labute approximate surface area is 144 Å². The average molecular weight is 343 g/mol. The van der Waals surface area contributed by atoms with Gasteiger partial charge in [0.05, 0.1) is 5.69 Å². The molecular weight excluding hydrogens is 325 g/mol. The van der Waals surface area contributed by atoms with E-state index in [0.717, 1.165) is 36.9 Å². The van der Waals surface area contributed by atoms with Crippen LogP contribution in [0, 0.1) is 5.82 Å². The van der Waals surface area contributed by atoms with Crippen LogP contribution in [-0.4, -0.2) is 29.6 Å². The highest BCUT2D eigenvalue weighted by molar-refractivity contribution is 6.03. The van der Waals surface area contributed by atoms with Crippen molar-refractivity contribution in [3.63, 3.8) is 0 Å². The van der Waals surface area contributed by atoms with Crippen LogP contribution in [0.5, 0.6) is 0 Å². The summed E-state index contributed by atoms with van der Waals surface area (Å²) in [5.41, 5.74) is 2.34. The number of fused-ring (bicyclic) bond motifs is 1. The molecule has 1 fully saturated rings. The van der Waals surface area contributed by atoms with Crippen molar-refractivity contribution in [2.75, 3.05) is 11.4 Å². The smallest absolute Gasteiger partial charge is 0.290 e. The van der Waals surface area contributed by atoms with Gasteiger partial charge in [-0.15, -0.1) is 0 Å². The number of anilines is 1. The molecule has 0 bridgehead atoms. The van der Waals surface area contributed by atoms with Gasteiger partial charge in [0, 0.05) is 17.8 Å². The minimum atomic E-state index is -0.609. The topological polar surface area (TPSA) is 75.4 Å². The molecule has 2 aliphatic rings. The third kappa shape index (κ3) is 2.90. The first-order valence-electron chi connectivity index (χ1n) is 8.49. The Morgan fingerprint density at radius 2 is 2.00 bits per heavy atom. The Morgan fingerprint density at radius 3 is 2.80 bits per heavy atom.